The Labute approximate surface area is 198 Å². The molecule has 0 aliphatic rings. The van der Waals surface area contributed by atoms with Gasteiger partial charge >= 0.3 is 0 Å². The molecule has 1 aromatic heterocycles. The minimum absolute atomic E-state index is 0.0244. The van der Waals surface area contributed by atoms with Gasteiger partial charge in [-0.2, -0.15) is 0 Å². The molecule has 0 saturated carbocycles. The molecule has 2 N–H and O–H groups in total. The monoisotopic (exact) mass is 493 g/mol. The van der Waals surface area contributed by atoms with Crippen molar-refractivity contribution in [1.29, 1.82) is 0 Å². The highest BCUT2D eigenvalue weighted by Crippen LogP contribution is 2.30. The smallest absolute Gasteiger partial charge is 0.263 e. The van der Waals surface area contributed by atoms with Gasteiger partial charge in [-0.25, -0.2) is 18.4 Å². The molecule has 2 aromatic carbocycles. The number of hydrogen-bond donors (Lipinski definition) is 2. The van der Waals surface area contributed by atoms with Gasteiger partial charge in [-0.05, 0) is 69.7 Å². The maximum absolute atomic E-state index is 12.8. The minimum atomic E-state index is -3.87. The van der Waals surface area contributed by atoms with E-state index in [1.165, 1.54) is 12.1 Å². The Balaban J connectivity index is 1.78. The second kappa shape index (κ2) is 9.94. The van der Waals surface area contributed by atoms with Gasteiger partial charge in [-0.3, -0.25) is 4.72 Å². The van der Waals surface area contributed by atoms with E-state index in [2.05, 4.69) is 38.8 Å². The lowest BCUT2D eigenvalue weighted by Crippen LogP contribution is -2.23. The molecule has 0 radical (unpaired) electrons. The number of anilines is 4. The van der Waals surface area contributed by atoms with Crippen LogP contribution in [0.5, 0.6) is 0 Å². The van der Waals surface area contributed by atoms with Crippen molar-refractivity contribution in [2.75, 3.05) is 28.0 Å². The Morgan fingerprint density at radius 3 is 2.16 bits per heavy atom. The van der Waals surface area contributed by atoms with E-state index in [1.54, 1.807) is 31.2 Å². The molecular weight excluding hydrogens is 469 g/mol. The summed E-state index contributed by atoms with van der Waals surface area (Å²) in [5.74, 6) is 2.18. The predicted molar refractivity (Wildman–Crippen MR) is 132 cm³/mol. The molecule has 3 rings (SSSR count). The van der Waals surface area contributed by atoms with E-state index in [1.807, 2.05) is 13.0 Å². The van der Waals surface area contributed by atoms with Gasteiger partial charge in [0.15, 0.2) is 0 Å². The number of sulfonamides is 1. The van der Waals surface area contributed by atoms with Gasteiger partial charge in [0.25, 0.3) is 10.0 Å². The number of nitrogens with one attached hydrogen (secondary N) is 2. The molecule has 0 atom stereocenters. The Bertz CT molecular complexity index is 1210. The first-order valence-electron chi connectivity index (χ1n) is 10.1. The molecule has 0 bridgehead atoms. The summed E-state index contributed by atoms with van der Waals surface area (Å²) in [7, 11) is -3.87. The molecule has 0 fully saturated rings. The summed E-state index contributed by atoms with van der Waals surface area (Å²) >= 11 is 12.1. The highest BCUT2D eigenvalue weighted by molar-refractivity contribution is 7.92. The third-order valence-electron chi connectivity index (χ3n) is 4.82. The van der Waals surface area contributed by atoms with Crippen LogP contribution in [0.25, 0.3) is 0 Å². The number of benzene rings is 2. The second-order valence-corrected chi connectivity index (χ2v) is 9.64. The van der Waals surface area contributed by atoms with E-state index in [4.69, 9.17) is 23.2 Å². The van der Waals surface area contributed by atoms with Crippen molar-refractivity contribution in [3.63, 3.8) is 0 Å². The van der Waals surface area contributed by atoms with E-state index in [9.17, 15) is 8.42 Å². The SMILES string of the molecule is CCN(CC)c1cc(Nc2ccc(NS(=O)(=O)c3cc(C)c(Cl)cc3Cl)cc2)nc(C)n1. The molecule has 3 aromatic rings. The zero-order chi connectivity index (χ0) is 23.5. The summed E-state index contributed by atoms with van der Waals surface area (Å²) in [6.07, 6.45) is 0. The fourth-order valence-electron chi connectivity index (χ4n) is 3.14. The van der Waals surface area contributed by atoms with Crippen molar-refractivity contribution in [3.05, 3.63) is 63.9 Å². The Hall–Kier alpha value is -2.55. The molecular formula is C22H25Cl2N5O2S. The van der Waals surface area contributed by atoms with Crippen LogP contribution in [0.4, 0.5) is 23.0 Å². The highest BCUT2D eigenvalue weighted by atomic mass is 35.5. The number of aromatic nitrogens is 2. The maximum atomic E-state index is 12.8. The third kappa shape index (κ3) is 5.62. The number of aryl methyl sites for hydroxylation is 2. The van der Waals surface area contributed by atoms with Gasteiger partial charge in [0, 0.05) is 35.6 Å². The lowest BCUT2D eigenvalue weighted by molar-refractivity contribution is 0.601. The molecule has 0 spiro atoms. The summed E-state index contributed by atoms with van der Waals surface area (Å²) in [4.78, 5) is 11.1. The molecule has 7 nitrogen and oxygen atoms in total. The second-order valence-electron chi connectivity index (χ2n) is 7.17. The van der Waals surface area contributed by atoms with E-state index < -0.39 is 10.0 Å². The van der Waals surface area contributed by atoms with E-state index in [0.29, 0.717) is 27.9 Å². The zero-order valence-electron chi connectivity index (χ0n) is 18.3. The molecule has 0 aliphatic heterocycles. The van der Waals surface area contributed by atoms with Crippen molar-refractivity contribution in [3.8, 4) is 0 Å². The van der Waals surface area contributed by atoms with Gasteiger partial charge in [-0.1, -0.05) is 23.2 Å². The van der Waals surface area contributed by atoms with Gasteiger partial charge in [0.05, 0.1) is 5.02 Å². The van der Waals surface area contributed by atoms with E-state index in [0.717, 1.165) is 24.6 Å². The minimum Gasteiger partial charge on any atom is -0.357 e. The molecule has 170 valence electrons. The van der Waals surface area contributed by atoms with Crippen LogP contribution in [0, 0.1) is 13.8 Å². The van der Waals surface area contributed by atoms with Crippen LogP contribution < -0.4 is 14.9 Å². The lowest BCUT2D eigenvalue weighted by Gasteiger charge is -2.20. The van der Waals surface area contributed by atoms with Crippen molar-refractivity contribution in [2.24, 2.45) is 0 Å². The van der Waals surface area contributed by atoms with Crippen molar-refractivity contribution >= 4 is 56.2 Å². The largest absolute Gasteiger partial charge is 0.357 e. The molecule has 32 heavy (non-hydrogen) atoms. The van der Waals surface area contributed by atoms with Crippen molar-refractivity contribution in [1.82, 2.24) is 9.97 Å². The topological polar surface area (TPSA) is 87.2 Å². The van der Waals surface area contributed by atoms with Gasteiger partial charge in [0.2, 0.25) is 0 Å². The van der Waals surface area contributed by atoms with Crippen molar-refractivity contribution < 1.29 is 8.42 Å². The van der Waals surface area contributed by atoms with Gasteiger partial charge in [0.1, 0.15) is 22.4 Å². The fraction of sp³-hybridized carbons (Fsp3) is 0.273. The molecule has 0 amide bonds. The van der Waals surface area contributed by atoms with Crippen LogP contribution in [-0.2, 0) is 10.0 Å². The zero-order valence-corrected chi connectivity index (χ0v) is 20.6. The molecule has 0 saturated heterocycles. The number of hydrogen-bond acceptors (Lipinski definition) is 6. The van der Waals surface area contributed by atoms with Gasteiger partial charge in [-0.15, -0.1) is 0 Å². The summed E-state index contributed by atoms with van der Waals surface area (Å²) < 4.78 is 28.1. The third-order valence-corrected chi connectivity index (χ3v) is 7.08. The fourth-order valence-corrected chi connectivity index (χ4v) is 5.03. The summed E-state index contributed by atoms with van der Waals surface area (Å²) in [6, 6.07) is 11.6. The predicted octanol–water partition coefficient (Wildman–Crippen LogP) is 5.79. The maximum Gasteiger partial charge on any atom is 0.263 e. The average molecular weight is 494 g/mol. The van der Waals surface area contributed by atoms with E-state index in [-0.39, 0.29) is 9.92 Å². The number of nitrogens with zero attached hydrogens (tertiary/aromatic N) is 3. The standard InChI is InChI=1S/C22H25Cl2N5O2S/c1-5-29(6-2)22-13-21(25-15(4)26-22)27-16-7-9-17(10-8-16)28-32(30,31)20-11-14(3)18(23)12-19(20)24/h7-13,28H,5-6H2,1-4H3,(H,25,26,27). The van der Waals surface area contributed by atoms with Crippen LogP contribution >= 0.6 is 23.2 Å². The van der Waals surface area contributed by atoms with Crippen molar-refractivity contribution in [2.45, 2.75) is 32.6 Å². The lowest BCUT2D eigenvalue weighted by atomic mass is 10.2. The Kier molecular flexibility index (Phi) is 7.48. The highest BCUT2D eigenvalue weighted by Gasteiger charge is 2.19. The Morgan fingerprint density at radius 1 is 0.906 bits per heavy atom. The average Bonchev–Trinajstić information content (AvgIpc) is 2.72. The van der Waals surface area contributed by atoms with Crippen LogP contribution in [0.2, 0.25) is 10.0 Å². The molecule has 1 heterocycles. The van der Waals surface area contributed by atoms with Crippen LogP contribution in [0.3, 0.4) is 0 Å². The van der Waals surface area contributed by atoms with E-state index >= 15 is 0 Å². The first kappa shape index (κ1) is 24.1. The van der Waals surface area contributed by atoms with Crippen LogP contribution in [0.1, 0.15) is 25.2 Å². The quantitative estimate of drug-likeness (QED) is 0.412. The Morgan fingerprint density at radius 2 is 1.53 bits per heavy atom. The number of halogens is 2. The normalized spacial score (nSPS) is 11.3. The van der Waals surface area contributed by atoms with Crippen LogP contribution in [0.15, 0.2) is 47.4 Å². The first-order chi connectivity index (χ1) is 15.1. The molecule has 0 unspecified atom stereocenters. The molecule has 10 heteroatoms. The summed E-state index contributed by atoms with van der Waals surface area (Å²) in [6.45, 7) is 9.41. The van der Waals surface area contributed by atoms with Gasteiger partial charge < -0.3 is 10.2 Å². The number of rotatable bonds is 8. The summed E-state index contributed by atoms with van der Waals surface area (Å²) in [5, 5.41) is 3.72. The first-order valence-corrected chi connectivity index (χ1v) is 12.3. The molecule has 0 aliphatic carbocycles. The van der Waals surface area contributed by atoms with Crippen LogP contribution in [-0.4, -0.2) is 31.5 Å². The summed E-state index contributed by atoms with van der Waals surface area (Å²) in [5.41, 5.74) is 1.79.